The Bertz CT molecular complexity index is 593. The lowest BCUT2D eigenvalue weighted by Gasteiger charge is -2.11. The number of imidazole rings is 1. The lowest BCUT2D eigenvalue weighted by Crippen LogP contribution is -2.23. The molecule has 1 aliphatic heterocycles. The van der Waals surface area contributed by atoms with Gasteiger partial charge in [-0.25, -0.2) is 9.97 Å². The van der Waals surface area contributed by atoms with Crippen molar-refractivity contribution in [1.29, 1.82) is 0 Å². The number of hydrogen-bond acceptors (Lipinski definition) is 3. The third-order valence-corrected chi connectivity index (χ3v) is 3.53. The highest BCUT2D eigenvalue weighted by atomic mass is 15.1. The molecular weight excluding hydrogens is 264 g/mol. The Labute approximate surface area is 124 Å². The van der Waals surface area contributed by atoms with Crippen LogP contribution in [0.15, 0.2) is 35.6 Å². The van der Waals surface area contributed by atoms with Crippen molar-refractivity contribution < 1.29 is 0 Å². The zero-order chi connectivity index (χ0) is 14.5. The average molecular weight is 284 g/mol. The maximum atomic E-state index is 5.84. The van der Waals surface area contributed by atoms with Crippen molar-refractivity contribution in [3.05, 3.63) is 42.1 Å². The van der Waals surface area contributed by atoms with Crippen LogP contribution in [0.2, 0.25) is 0 Å². The van der Waals surface area contributed by atoms with E-state index in [2.05, 4.69) is 31.0 Å². The van der Waals surface area contributed by atoms with Crippen LogP contribution in [0.3, 0.4) is 0 Å². The quantitative estimate of drug-likeness (QED) is 0.660. The van der Waals surface area contributed by atoms with E-state index in [-0.39, 0.29) is 0 Å². The van der Waals surface area contributed by atoms with E-state index >= 15 is 0 Å². The van der Waals surface area contributed by atoms with Crippen molar-refractivity contribution in [3.63, 3.8) is 0 Å². The molecule has 6 nitrogen and oxygen atoms in total. The van der Waals surface area contributed by atoms with E-state index in [1.54, 1.807) is 6.20 Å². The highest BCUT2D eigenvalue weighted by Gasteiger charge is 2.11. The number of pyridine rings is 1. The molecule has 0 fully saturated rings. The van der Waals surface area contributed by atoms with Gasteiger partial charge in [0.05, 0.1) is 5.69 Å². The fourth-order valence-corrected chi connectivity index (χ4v) is 2.49. The van der Waals surface area contributed by atoms with E-state index in [1.807, 2.05) is 18.2 Å². The summed E-state index contributed by atoms with van der Waals surface area (Å²) in [6.07, 6.45) is 8.26. The largest absolute Gasteiger partial charge is 0.370 e. The first kappa shape index (κ1) is 13.6. The minimum atomic E-state index is 0.387. The Kier molecular flexibility index (Phi) is 4.14. The van der Waals surface area contributed by atoms with E-state index in [1.165, 1.54) is 18.7 Å². The number of nitrogens with one attached hydrogen (secondary N) is 1. The standard InChI is InChI=1S/C15H20N6/c16-15(20-13-5-1-3-8-17-13)18-9-7-12-11-21-10-4-2-6-14(21)19-12/h1,3,5,8,11H,2,4,6-7,9-10H2,(H3,16,17,18,20). The molecule has 3 N–H and O–H groups in total. The first-order valence-corrected chi connectivity index (χ1v) is 7.34. The summed E-state index contributed by atoms with van der Waals surface area (Å²) >= 11 is 0. The molecule has 3 heterocycles. The molecule has 0 saturated heterocycles. The molecule has 3 rings (SSSR count). The Balaban J connectivity index is 1.53. The van der Waals surface area contributed by atoms with Crippen LogP contribution in [0.25, 0.3) is 0 Å². The Morgan fingerprint density at radius 1 is 1.38 bits per heavy atom. The van der Waals surface area contributed by atoms with Gasteiger partial charge in [0, 0.05) is 38.3 Å². The fourth-order valence-electron chi connectivity index (χ4n) is 2.49. The number of nitrogens with zero attached hydrogens (tertiary/aromatic N) is 4. The summed E-state index contributed by atoms with van der Waals surface area (Å²) in [7, 11) is 0. The number of aromatic nitrogens is 3. The number of guanidine groups is 1. The van der Waals surface area contributed by atoms with Crippen LogP contribution in [0.4, 0.5) is 5.82 Å². The maximum Gasteiger partial charge on any atom is 0.194 e. The van der Waals surface area contributed by atoms with Crippen molar-refractivity contribution in [2.45, 2.75) is 32.2 Å². The van der Waals surface area contributed by atoms with E-state index in [0.29, 0.717) is 18.3 Å². The van der Waals surface area contributed by atoms with Crippen LogP contribution in [0, 0.1) is 0 Å². The monoisotopic (exact) mass is 284 g/mol. The van der Waals surface area contributed by atoms with Crippen LogP contribution in [0.5, 0.6) is 0 Å². The minimum absolute atomic E-state index is 0.387. The molecule has 6 heteroatoms. The molecule has 0 radical (unpaired) electrons. The molecule has 0 aromatic carbocycles. The SMILES string of the molecule is NC(=NCCc1cn2c(n1)CCCC2)Nc1ccccn1. The van der Waals surface area contributed by atoms with Gasteiger partial charge >= 0.3 is 0 Å². The second kappa shape index (κ2) is 6.39. The highest BCUT2D eigenvalue weighted by molar-refractivity contribution is 5.91. The van der Waals surface area contributed by atoms with Crippen molar-refractivity contribution in [2.24, 2.45) is 10.7 Å². The summed E-state index contributed by atoms with van der Waals surface area (Å²) in [5, 5.41) is 2.97. The van der Waals surface area contributed by atoms with Crippen LogP contribution >= 0.6 is 0 Å². The predicted octanol–water partition coefficient (Wildman–Crippen LogP) is 1.58. The number of anilines is 1. The van der Waals surface area contributed by atoms with E-state index in [9.17, 15) is 0 Å². The fraction of sp³-hybridized carbons (Fsp3) is 0.400. The second-order valence-corrected chi connectivity index (χ2v) is 5.16. The number of aliphatic imine (C=N–C) groups is 1. The summed E-state index contributed by atoms with van der Waals surface area (Å²) in [5.41, 5.74) is 6.94. The Morgan fingerprint density at radius 3 is 3.14 bits per heavy atom. The van der Waals surface area contributed by atoms with Crippen molar-refractivity contribution in [3.8, 4) is 0 Å². The van der Waals surface area contributed by atoms with Gasteiger partial charge in [-0.15, -0.1) is 0 Å². The number of aryl methyl sites for hydroxylation is 2. The van der Waals surface area contributed by atoms with E-state index in [4.69, 9.17) is 5.73 Å². The lowest BCUT2D eigenvalue weighted by molar-refractivity contribution is 0.522. The molecule has 0 amide bonds. The minimum Gasteiger partial charge on any atom is -0.370 e. The summed E-state index contributed by atoms with van der Waals surface area (Å²) in [6.45, 7) is 1.72. The van der Waals surface area contributed by atoms with Crippen molar-refractivity contribution in [1.82, 2.24) is 14.5 Å². The first-order chi connectivity index (χ1) is 10.3. The molecular formula is C15H20N6. The van der Waals surface area contributed by atoms with Gasteiger partial charge in [-0.1, -0.05) is 6.07 Å². The van der Waals surface area contributed by atoms with Crippen LogP contribution in [-0.2, 0) is 19.4 Å². The number of rotatable bonds is 4. The lowest BCUT2D eigenvalue weighted by atomic mass is 10.2. The Hall–Kier alpha value is -2.37. The Morgan fingerprint density at radius 2 is 2.33 bits per heavy atom. The molecule has 0 atom stereocenters. The average Bonchev–Trinajstić information content (AvgIpc) is 2.91. The summed E-state index contributed by atoms with van der Waals surface area (Å²) in [5.74, 6) is 2.30. The highest BCUT2D eigenvalue weighted by Crippen LogP contribution is 2.14. The van der Waals surface area contributed by atoms with Gasteiger partial charge in [-0.3, -0.25) is 4.99 Å². The van der Waals surface area contributed by atoms with Crippen molar-refractivity contribution in [2.75, 3.05) is 11.9 Å². The van der Waals surface area contributed by atoms with Gasteiger partial charge in [-0.2, -0.15) is 0 Å². The molecule has 0 aliphatic carbocycles. The molecule has 2 aromatic heterocycles. The zero-order valence-corrected chi connectivity index (χ0v) is 12.0. The van der Waals surface area contributed by atoms with Gasteiger partial charge in [0.15, 0.2) is 5.96 Å². The third-order valence-electron chi connectivity index (χ3n) is 3.53. The van der Waals surface area contributed by atoms with Crippen LogP contribution < -0.4 is 11.1 Å². The molecule has 0 saturated carbocycles. The second-order valence-electron chi connectivity index (χ2n) is 5.16. The van der Waals surface area contributed by atoms with Gasteiger partial charge in [-0.05, 0) is 25.0 Å². The summed E-state index contributed by atoms with van der Waals surface area (Å²) in [4.78, 5) is 13.1. The molecule has 0 unspecified atom stereocenters. The molecule has 0 bridgehead atoms. The number of hydrogen-bond donors (Lipinski definition) is 2. The summed E-state index contributed by atoms with van der Waals surface area (Å²) in [6, 6.07) is 5.61. The smallest absolute Gasteiger partial charge is 0.194 e. The molecule has 110 valence electrons. The molecule has 0 spiro atoms. The third kappa shape index (κ3) is 3.59. The number of nitrogens with two attached hydrogens (primary N) is 1. The van der Waals surface area contributed by atoms with E-state index in [0.717, 1.165) is 25.1 Å². The number of fused-ring (bicyclic) bond motifs is 1. The topological polar surface area (TPSA) is 81.1 Å². The van der Waals surface area contributed by atoms with Gasteiger partial charge in [0.2, 0.25) is 0 Å². The van der Waals surface area contributed by atoms with Crippen molar-refractivity contribution >= 4 is 11.8 Å². The van der Waals surface area contributed by atoms with E-state index < -0.39 is 0 Å². The zero-order valence-electron chi connectivity index (χ0n) is 12.0. The van der Waals surface area contributed by atoms with Gasteiger partial charge in [0.1, 0.15) is 11.6 Å². The molecule has 21 heavy (non-hydrogen) atoms. The van der Waals surface area contributed by atoms with Crippen LogP contribution in [-0.4, -0.2) is 27.0 Å². The first-order valence-electron chi connectivity index (χ1n) is 7.34. The van der Waals surface area contributed by atoms with Gasteiger partial charge in [0.25, 0.3) is 0 Å². The summed E-state index contributed by atoms with van der Waals surface area (Å²) < 4.78 is 2.26. The molecule has 1 aliphatic rings. The van der Waals surface area contributed by atoms with Gasteiger partial charge < -0.3 is 15.6 Å². The maximum absolute atomic E-state index is 5.84. The molecule has 2 aromatic rings. The predicted molar refractivity (Wildman–Crippen MR) is 83.2 cm³/mol. The normalized spacial score (nSPS) is 14.8. The van der Waals surface area contributed by atoms with Crippen LogP contribution in [0.1, 0.15) is 24.4 Å².